The van der Waals surface area contributed by atoms with Crippen LogP contribution in [0.1, 0.15) is 10.4 Å². The third-order valence-electron chi connectivity index (χ3n) is 2.89. The van der Waals surface area contributed by atoms with Crippen LogP contribution in [-0.4, -0.2) is 16.1 Å². The molecule has 18 heavy (non-hydrogen) atoms. The lowest BCUT2D eigenvalue weighted by Crippen LogP contribution is -2.19. The van der Waals surface area contributed by atoms with Gasteiger partial charge in [-0.2, -0.15) is 0 Å². The van der Waals surface area contributed by atoms with Crippen molar-refractivity contribution in [3.8, 4) is 0 Å². The SMILES string of the molecule is O=C(NO)c1cccc2cc3ccccc3nc12. The normalized spacial score (nSPS) is 10.7. The molecule has 2 N–H and O–H groups in total. The molecule has 1 aromatic heterocycles. The molecule has 3 aromatic rings. The van der Waals surface area contributed by atoms with Gasteiger partial charge in [0.1, 0.15) is 0 Å². The van der Waals surface area contributed by atoms with E-state index in [1.165, 1.54) is 0 Å². The van der Waals surface area contributed by atoms with E-state index in [0.717, 1.165) is 16.3 Å². The third kappa shape index (κ3) is 1.59. The Morgan fingerprint density at radius 1 is 1.06 bits per heavy atom. The summed E-state index contributed by atoms with van der Waals surface area (Å²) in [4.78, 5) is 16.0. The Bertz CT molecular complexity index is 753. The summed E-state index contributed by atoms with van der Waals surface area (Å²) in [5.74, 6) is -0.552. The number of carbonyl (C=O) groups is 1. The highest BCUT2D eigenvalue weighted by atomic mass is 16.5. The molecule has 0 saturated heterocycles. The average Bonchev–Trinajstić information content (AvgIpc) is 2.43. The van der Waals surface area contributed by atoms with Crippen molar-refractivity contribution in [1.82, 2.24) is 10.5 Å². The van der Waals surface area contributed by atoms with Crippen LogP contribution in [0.5, 0.6) is 0 Å². The number of fused-ring (bicyclic) bond motifs is 2. The van der Waals surface area contributed by atoms with Crippen molar-refractivity contribution in [3.05, 3.63) is 54.1 Å². The second-order valence-electron chi connectivity index (χ2n) is 4.00. The maximum absolute atomic E-state index is 11.6. The largest absolute Gasteiger partial charge is 0.288 e. The van der Waals surface area contributed by atoms with E-state index in [4.69, 9.17) is 5.21 Å². The van der Waals surface area contributed by atoms with Crippen LogP contribution in [0.25, 0.3) is 21.8 Å². The topological polar surface area (TPSA) is 62.2 Å². The number of amides is 1. The molecule has 1 amide bonds. The first kappa shape index (κ1) is 10.7. The molecule has 1 heterocycles. The van der Waals surface area contributed by atoms with Crippen molar-refractivity contribution >= 4 is 27.7 Å². The van der Waals surface area contributed by atoms with Crippen LogP contribution >= 0.6 is 0 Å². The van der Waals surface area contributed by atoms with Crippen molar-refractivity contribution in [2.75, 3.05) is 0 Å². The van der Waals surface area contributed by atoms with Gasteiger partial charge >= 0.3 is 0 Å². The van der Waals surface area contributed by atoms with E-state index in [1.807, 2.05) is 36.4 Å². The minimum Gasteiger partial charge on any atom is -0.288 e. The van der Waals surface area contributed by atoms with E-state index in [1.54, 1.807) is 17.6 Å². The van der Waals surface area contributed by atoms with Crippen LogP contribution in [0.3, 0.4) is 0 Å². The molecule has 0 saturated carbocycles. The monoisotopic (exact) mass is 238 g/mol. The molecule has 0 aliphatic rings. The molecule has 3 rings (SSSR count). The predicted molar refractivity (Wildman–Crippen MR) is 68.5 cm³/mol. The van der Waals surface area contributed by atoms with Crippen LogP contribution in [0, 0.1) is 0 Å². The molecule has 4 heteroatoms. The molecule has 0 atom stereocenters. The molecular weight excluding hydrogens is 228 g/mol. The minimum atomic E-state index is -0.552. The number of aromatic nitrogens is 1. The van der Waals surface area contributed by atoms with E-state index < -0.39 is 5.91 Å². The van der Waals surface area contributed by atoms with Gasteiger partial charge < -0.3 is 0 Å². The number of hydroxylamine groups is 1. The molecule has 0 aliphatic heterocycles. The summed E-state index contributed by atoms with van der Waals surface area (Å²) < 4.78 is 0. The molecule has 0 spiro atoms. The second kappa shape index (κ2) is 4.09. The standard InChI is InChI=1S/C14H10N2O2/c17-14(16-18)11-6-3-5-10-8-9-4-1-2-7-12(9)15-13(10)11/h1-8,18H,(H,16,17). The molecule has 0 bridgehead atoms. The number of pyridine rings is 1. The number of hydrogen-bond donors (Lipinski definition) is 2. The number of carbonyl (C=O) groups excluding carboxylic acids is 1. The average molecular weight is 238 g/mol. The summed E-state index contributed by atoms with van der Waals surface area (Å²) in [5.41, 5.74) is 3.41. The van der Waals surface area contributed by atoms with Crippen LogP contribution in [0.4, 0.5) is 0 Å². The fourth-order valence-electron chi connectivity index (χ4n) is 2.05. The Balaban J connectivity index is 2.39. The van der Waals surface area contributed by atoms with Gasteiger partial charge in [-0.3, -0.25) is 10.0 Å². The minimum absolute atomic E-state index is 0.362. The predicted octanol–water partition coefficient (Wildman–Crippen LogP) is 2.51. The van der Waals surface area contributed by atoms with E-state index in [-0.39, 0.29) is 0 Å². The van der Waals surface area contributed by atoms with Crippen LogP contribution < -0.4 is 5.48 Å². The summed E-state index contributed by atoms with van der Waals surface area (Å²) >= 11 is 0. The number of nitrogens with zero attached hydrogens (tertiary/aromatic N) is 1. The molecule has 2 aromatic carbocycles. The van der Waals surface area contributed by atoms with E-state index in [2.05, 4.69) is 4.98 Å². The van der Waals surface area contributed by atoms with E-state index >= 15 is 0 Å². The molecule has 0 aliphatic carbocycles. The van der Waals surface area contributed by atoms with Crippen molar-refractivity contribution < 1.29 is 10.0 Å². The zero-order valence-electron chi connectivity index (χ0n) is 9.42. The van der Waals surface area contributed by atoms with Gasteiger partial charge in [0.25, 0.3) is 5.91 Å². The summed E-state index contributed by atoms with van der Waals surface area (Å²) in [7, 11) is 0. The number of para-hydroxylation sites is 2. The van der Waals surface area contributed by atoms with Crippen molar-refractivity contribution in [2.24, 2.45) is 0 Å². The first-order valence-corrected chi connectivity index (χ1v) is 5.52. The molecule has 0 fully saturated rings. The Hall–Kier alpha value is -2.46. The van der Waals surface area contributed by atoms with Crippen molar-refractivity contribution in [3.63, 3.8) is 0 Å². The van der Waals surface area contributed by atoms with E-state index in [0.29, 0.717) is 11.1 Å². The zero-order valence-corrected chi connectivity index (χ0v) is 9.42. The zero-order chi connectivity index (χ0) is 12.5. The Morgan fingerprint density at radius 2 is 1.83 bits per heavy atom. The lowest BCUT2D eigenvalue weighted by atomic mass is 10.1. The Labute approximate surface area is 103 Å². The van der Waals surface area contributed by atoms with Gasteiger partial charge in [-0.05, 0) is 18.2 Å². The molecule has 4 nitrogen and oxygen atoms in total. The van der Waals surface area contributed by atoms with Gasteiger partial charge in [-0.15, -0.1) is 0 Å². The number of rotatable bonds is 1. The van der Waals surface area contributed by atoms with Gasteiger partial charge in [0, 0.05) is 10.8 Å². The second-order valence-corrected chi connectivity index (χ2v) is 4.00. The molecule has 88 valence electrons. The van der Waals surface area contributed by atoms with E-state index in [9.17, 15) is 4.79 Å². The van der Waals surface area contributed by atoms with Gasteiger partial charge in [-0.25, -0.2) is 10.5 Å². The highest BCUT2D eigenvalue weighted by molar-refractivity contribution is 6.07. The Kier molecular flexibility index (Phi) is 2.42. The van der Waals surface area contributed by atoms with Gasteiger partial charge in [0.15, 0.2) is 0 Å². The van der Waals surface area contributed by atoms with Gasteiger partial charge in [0.2, 0.25) is 0 Å². The third-order valence-corrected chi connectivity index (χ3v) is 2.89. The number of nitrogens with one attached hydrogen (secondary N) is 1. The first-order valence-electron chi connectivity index (χ1n) is 5.52. The Morgan fingerprint density at radius 3 is 2.67 bits per heavy atom. The summed E-state index contributed by atoms with van der Waals surface area (Å²) in [6.45, 7) is 0. The fraction of sp³-hybridized carbons (Fsp3) is 0. The van der Waals surface area contributed by atoms with Crippen molar-refractivity contribution in [1.29, 1.82) is 0 Å². The fourth-order valence-corrected chi connectivity index (χ4v) is 2.05. The van der Waals surface area contributed by atoms with Crippen LogP contribution in [0.15, 0.2) is 48.5 Å². The summed E-state index contributed by atoms with van der Waals surface area (Å²) in [5, 5.41) is 10.6. The van der Waals surface area contributed by atoms with Crippen molar-refractivity contribution in [2.45, 2.75) is 0 Å². The lowest BCUT2D eigenvalue weighted by Gasteiger charge is -2.05. The highest BCUT2D eigenvalue weighted by Crippen LogP contribution is 2.22. The van der Waals surface area contributed by atoms with Gasteiger partial charge in [0.05, 0.1) is 16.6 Å². The lowest BCUT2D eigenvalue weighted by molar-refractivity contribution is 0.0708. The molecule has 0 radical (unpaired) electrons. The maximum Gasteiger partial charge on any atom is 0.276 e. The van der Waals surface area contributed by atoms with Crippen LogP contribution in [0.2, 0.25) is 0 Å². The van der Waals surface area contributed by atoms with Crippen LogP contribution in [-0.2, 0) is 0 Å². The highest BCUT2D eigenvalue weighted by Gasteiger charge is 2.10. The number of benzene rings is 2. The molecular formula is C14H10N2O2. The summed E-state index contributed by atoms with van der Waals surface area (Å²) in [6.07, 6.45) is 0. The summed E-state index contributed by atoms with van der Waals surface area (Å²) in [6, 6.07) is 15.0. The van der Waals surface area contributed by atoms with Gasteiger partial charge in [-0.1, -0.05) is 30.3 Å². The smallest absolute Gasteiger partial charge is 0.276 e. The number of hydrogen-bond acceptors (Lipinski definition) is 3. The molecule has 0 unspecified atom stereocenters. The quantitative estimate of drug-likeness (QED) is 0.389. The maximum atomic E-state index is 11.6. The first-order chi connectivity index (χ1) is 8.79.